The van der Waals surface area contributed by atoms with Crippen LogP contribution < -0.4 is 14.2 Å². The van der Waals surface area contributed by atoms with Crippen LogP contribution in [0.15, 0.2) is 40.9 Å². The molecule has 0 bridgehead atoms. The fourth-order valence-electron chi connectivity index (χ4n) is 2.41. The largest absolute Gasteiger partial charge is 0.480 e. The van der Waals surface area contributed by atoms with E-state index in [-0.39, 0.29) is 6.79 Å². The summed E-state index contributed by atoms with van der Waals surface area (Å²) in [7, 11) is 1.64. The first-order chi connectivity index (χ1) is 10.3. The summed E-state index contributed by atoms with van der Waals surface area (Å²) < 4.78 is 19.1. The lowest BCUT2D eigenvalue weighted by Crippen LogP contribution is -1.99. The van der Waals surface area contributed by atoms with E-state index in [0.29, 0.717) is 11.6 Å². The van der Waals surface area contributed by atoms with Crippen molar-refractivity contribution in [3.63, 3.8) is 0 Å². The van der Waals surface area contributed by atoms with E-state index >= 15 is 0 Å². The van der Waals surface area contributed by atoms with Crippen LogP contribution in [0.1, 0.15) is 0 Å². The minimum atomic E-state index is 0.247. The molecular formula is C15H11BrN2O3. The van der Waals surface area contributed by atoms with Gasteiger partial charge in [-0.3, -0.25) is 0 Å². The predicted octanol–water partition coefficient (Wildman–Crippen LogP) is 3.53. The maximum absolute atomic E-state index is 5.54. The summed E-state index contributed by atoms with van der Waals surface area (Å²) in [6.07, 6.45) is 0. The Balaban J connectivity index is 1.95. The molecule has 0 saturated carbocycles. The summed E-state index contributed by atoms with van der Waals surface area (Å²) in [5.41, 5.74) is 1.73. The topological polar surface area (TPSA) is 45.5 Å². The third-order valence-corrected chi connectivity index (χ3v) is 3.91. The second-order valence-electron chi connectivity index (χ2n) is 4.62. The molecule has 0 amide bonds. The summed E-state index contributed by atoms with van der Waals surface area (Å²) in [4.78, 5) is 0. The van der Waals surface area contributed by atoms with Crippen LogP contribution in [0, 0.1) is 0 Å². The highest BCUT2D eigenvalue weighted by atomic mass is 79.9. The molecule has 3 aromatic rings. The average Bonchev–Trinajstić information content (AvgIpc) is 3.08. The van der Waals surface area contributed by atoms with Crippen LogP contribution in [0.4, 0.5) is 0 Å². The van der Waals surface area contributed by atoms with Crippen LogP contribution in [0.5, 0.6) is 17.4 Å². The zero-order valence-electron chi connectivity index (χ0n) is 11.2. The van der Waals surface area contributed by atoms with Gasteiger partial charge in [-0.1, -0.05) is 15.9 Å². The number of nitrogens with zero attached hydrogens (tertiary/aromatic N) is 2. The maximum atomic E-state index is 5.54. The Hall–Kier alpha value is -2.21. The normalized spacial score (nSPS) is 12.9. The molecule has 0 atom stereocenters. The number of ether oxygens (including phenoxy) is 3. The molecule has 4 rings (SSSR count). The van der Waals surface area contributed by atoms with Crippen molar-refractivity contribution in [2.24, 2.45) is 0 Å². The van der Waals surface area contributed by atoms with Gasteiger partial charge in [-0.25, -0.2) is 0 Å². The van der Waals surface area contributed by atoms with E-state index in [1.807, 2.05) is 36.4 Å². The van der Waals surface area contributed by atoms with Crippen LogP contribution in [-0.4, -0.2) is 23.7 Å². The van der Waals surface area contributed by atoms with Gasteiger partial charge in [0.1, 0.15) is 5.52 Å². The van der Waals surface area contributed by atoms with E-state index in [1.54, 1.807) is 11.8 Å². The summed E-state index contributed by atoms with van der Waals surface area (Å²) in [5, 5.41) is 5.49. The van der Waals surface area contributed by atoms with Crippen molar-refractivity contribution in [1.29, 1.82) is 0 Å². The molecular weight excluding hydrogens is 336 g/mol. The number of hydrogen-bond donors (Lipinski definition) is 0. The van der Waals surface area contributed by atoms with Crippen molar-refractivity contribution in [3.8, 4) is 23.1 Å². The molecule has 6 heteroatoms. The highest BCUT2D eigenvalue weighted by molar-refractivity contribution is 9.10. The second-order valence-corrected chi connectivity index (χ2v) is 5.54. The Labute approximate surface area is 129 Å². The molecule has 1 aromatic heterocycles. The van der Waals surface area contributed by atoms with E-state index in [2.05, 4.69) is 21.0 Å². The number of fused-ring (bicyclic) bond motifs is 2. The first-order valence-electron chi connectivity index (χ1n) is 6.38. The Morgan fingerprint density at radius 2 is 1.86 bits per heavy atom. The summed E-state index contributed by atoms with van der Waals surface area (Å²) in [6.45, 7) is 0.247. The molecule has 0 saturated heterocycles. The van der Waals surface area contributed by atoms with Crippen molar-refractivity contribution in [3.05, 3.63) is 40.9 Å². The van der Waals surface area contributed by atoms with E-state index < -0.39 is 0 Å². The van der Waals surface area contributed by atoms with Gasteiger partial charge in [-0.15, -0.1) is 0 Å². The van der Waals surface area contributed by atoms with Gasteiger partial charge in [-0.2, -0.15) is 9.78 Å². The first-order valence-corrected chi connectivity index (χ1v) is 7.18. The highest BCUT2D eigenvalue weighted by Gasteiger charge is 2.20. The maximum Gasteiger partial charge on any atom is 0.231 e. The third kappa shape index (κ3) is 1.94. The van der Waals surface area contributed by atoms with Gasteiger partial charge in [0.15, 0.2) is 11.5 Å². The Morgan fingerprint density at radius 1 is 1.14 bits per heavy atom. The summed E-state index contributed by atoms with van der Waals surface area (Å²) in [5.74, 6) is 2.10. The summed E-state index contributed by atoms with van der Waals surface area (Å²) in [6, 6.07) is 11.6. The van der Waals surface area contributed by atoms with Gasteiger partial charge >= 0.3 is 0 Å². The molecule has 1 aliphatic rings. The fourth-order valence-corrected chi connectivity index (χ4v) is 2.67. The average molecular weight is 347 g/mol. The smallest absolute Gasteiger partial charge is 0.231 e. The van der Waals surface area contributed by atoms with Crippen LogP contribution >= 0.6 is 15.9 Å². The molecule has 0 spiro atoms. The fraction of sp³-hybridized carbons (Fsp3) is 0.133. The zero-order valence-corrected chi connectivity index (χ0v) is 12.8. The molecule has 1 aliphatic heterocycles. The van der Waals surface area contributed by atoms with Crippen LogP contribution in [-0.2, 0) is 0 Å². The van der Waals surface area contributed by atoms with Gasteiger partial charge < -0.3 is 14.2 Å². The highest BCUT2D eigenvalue weighted by Crippen LogP contribution is 2.39. The minimum absolute atomic E-state index is 0.247. The summed E-state index contributed by atoms with van der Waals surface area (Å²) >= 11 is 3.43. The molecule has 0 radical (unpaired) electrons. The molecule has 21 heavy (non-hydrogen) atoms. The van der Waals surface area contributed by atoms with E-state index in [0.717, 1.165) is 26.8 Å². The number of halogens is 1. The zero-order chi connectivity index (χ0) is 14.4. The molecule has 5 nitrogen and oxygen atoms in total. The van der Waals surface area contributed by atoms with E-state index in [4.69, 9.17) is 14.2 Å². The molecule has 0 unspecified atom stereocenters. The van der Waals surface area contributed by atoms with Crippen LogP contribution in [0.25, 0.3) is 16.6 Å². The lowest BCUT2D eigenvalue weighted by atomic mass is 10.2. The molecule has 2 aromatic carbocycles. The van der Waals surface area contributed by atoms with Gasteiger partial charge in [0, 0.05) is 10.5 Å². The molecule has 2 heterocycles. The van der Waals surface area contributed by atoms with Gasteiger partial charge in [0.25, 0.3) is 0 Å². The lowest BCUT2D eigenvalue weighted by molar-refractivity contribution is 0.174. The number of aromatic nitrogens is 2. The first kappa shape index (κ1) is 12.5. The molecule has 0 N–H and O–H groups in total. The van der Waals surface area contributed by atoms with Crippen molar-refractivity contribution >= 4 is 26.8 Å². The van der Waals surface area contributed by atoms with Gasteiger partial charge in [-0.05, 0) is 30.3 Å². The van der Waals surface area contributed by atoms with Gasteiger partial charge in [0.05, 0.1) is 18.2 Å². The molecule has 0 aliphatic carbocycles. The monoisotopic (exact) mass is 346 g/mol. The number of hydrogen-bond acceptors (Lipinski definition) is 4. The minimum Gasteiger partial charge on any atom is -0.480 e. The SMILES string of the molecule is COc1c2cc3c(cc2nn1-c1ccc(Br)cc1)OCO3. The molecule has 106 valence electrons. The Bertz CT molecular complexity index is 827. The quantitative estimate of drug-likeness (QED) is 0.712. The van der Waals surface area contributed by atoms with Crippen molar-refractivity contribution in [2.75, 3.05) is 13.9 Å². The second kappa shape index (κ2) is 4.66. The number of benzene rings is 2. The molecule has 0 fully saturated rings. The van der Waals surface area contributed by atoms with E-state index in [1.165, 1.54) is 0 Å². The van der Waals surface area contributed by atoms with Crippen molar-refractivity contribution in [2.45, 2.75) is 0 Å². The Morgan fingerprint density at radius 3 is 2.57 bits per heavy atom. The van der Waals surface area contributed by atoms with Crippen molar-refractivity contribution in [1.82, 2.24) is 9.78 Å². The third-order valence-electron chi connectivity index (χ3n) is 3.39. The Kier molecular flexibility index (Phi) is 2.78. The standard InChI is InChI=1S/C15H11BrN2O3/c1-19-15-11-6-13-14(21-8-20-13)7-12(11)17-18(15)10-4-2-9(16)3-5-10/h2-7H,8H2,1H3. The van der Waals surface area contributed by atoms with E-state index in [9.17, 15) is 0 Å². The predicted molar refractivity (Wildman–Crippen MR) is 81.4 cm³/mol. The van der Waals surface area contributed by atoms with Crippen molar-refractivity contribution < 1.29 is 14.2 Å². The van der Waals surface area contributed by atoms with Crippen LogP contribution in [0.2, 0.25) is 0 Å². The van der Waals surface area contributed by atoms with Gasteiger partial charge in [0.2, 0.25) is 12.7 Å². The number of rotatable bonds is 2. The lowest BCUT2D eigenvalue weighted by Gasteiger charge is -2.06. The van der Waals surface area contributed by atoms with Crippen LogP contribution in [0.3, 0.4) is 0 Å². The number of methoxy groups -OCH3 is 1.